The van der Waals surface area contributed by atoms with Crippen LogP contribution in [0.2, 0.25) is 0 Å². The van der Waals surface area contributed by atoms with Crippen LogP contribution >= 0.6 is 0 Å². The molecule has 1 heterocycles. The molecular weight excluding hydrogens is 214 g/mol. The van der Waals surface area contributed by atoms with Crippen LogP contribution in [0.3, 0.4) is 0 Å². The van der Waals surface area contributed by atoms with E-state index >= 15 is 0 Å². The Morgan fingerprint density at radius 2 is 2.25 bits per heavy atom. The van der Waals surface area contributed by atoms with Crippen molar-refractivity contribution in [3.63, 3.8) is 0 Å². The molecule has 1 atom stereocenters. The van der Waals surface area contributed by atoms with E-state index in [1.165, 1.54) is 6.07 Å². The van der Waals surface area contributed by atoms with E-state index in [4.69, 9.17) is 0 Å². The lowest BCUT2D eigenvalue weighted by Gasteiger charge is -2.09. The predicted octanol–water partition coefficient (Wildman–Crippen LogP) is 0.629. The van der Waals surface area contributed by atoms with Crippen molar-refractivity contribution in [1.82, 2.24) is 0 Å². The fourth-order valence-corrected chi connectivity index (χ4v) is 1.83. The number of nitrogens with two attached hydrogens (primary N) is 1. The number of halogens is 2. The van der Waals surface area contributed by atoms with Crippen molar-refractivity contribution < 1.29 is 18.9 Å². The average molecular weight is 227 g/mol. The van der Waals surface area contributed by atoms with E-state index in [2.05, 4.69) is 5.32 Å². The topological polar surface area (TPSA) is 45.7 Å². The van der Waals surface area contributed by atoms with Crippen LogP contribution in [0, 0.1) is 11.6 Å². The van der Waals surface area contributed by atoms with E-state index in [-0.39, 0.29) is 17.6 Å². The predicted molar refractivity (Wildman–Crippen MR) is 54.8 cm³/mol. The summed E-state index contributed by atoms with van der Waals surface area (Å²) in [5, 5.41) is 4.39. The molecule has 1 saturated heterocycles. The summed E-state index contributed by atoms with van der Waals surface area (Å²) >= 11 is 0. The van der Waals surface area contributed by atoms with Gasteiger partial charge >= 0.3 is 0 Å². The summed E-state index contributed by atoms with van der Waals surface area (Å²) in [5.41, 5.74) is 0.0340. The summed E-state index contributed by atoms with van der Waals surface area (Å²) in [4.78, 5) is 11.6. The molecular formula is C11H13F2N2O+. The number of nitrogens with one attached hydrogen (secondary N) is 1. The number of quaternary nitrogens is 1. The molecule has 5 heteroatoms. The van der Waals surface area contributed by atoms with Crippen molar-refractivity contribution in [3.05, 3.63) is 29.8 Å². The molecule has 0 unspecified atom stereocenters. The maximum absolute atomic E-state index is 13.2. The highest BCUT2D eigenvalue weighted by Gasteiger charge is 2.26. The fourth-order valence-electron chi connectivity index (χ4n) is 1.83. The normalized spacial score (nSPS) is 19.8. The largest absolute Gasteiger partial charge is 0.336 e. The molecule has 1 aromatic carbocycles. The summed E-state index contributed by atoms with van der Waals surface area (Å²) < 4.78 is 25.9. The average Bonchev–Trinajstić information content (AvgIpc) is 2.75. The van der Waals surface area contributed by atoms with E-state index in [9.17, 15) is 13.6 Å². The summed E-state index contributed by atoms with van der Waals surface area (Å²) in [6.45, 7) is 0.921. The van der Waals surface area contributed by atoms with Crippen molar-refractivity contribution in [3.8, 4) is 0 Å². The van der Waals surface area contributed by atoms with Crippen LogP contribution in [0.5, 0.6) is 0 Å². The van der Waals surface area contributed by atoms with Crippen molar-refractivity contribution in [2.24, 2.45) is 0 Å². The second-order valence-electron chi connectivity index (χ2n) is 3.89. The van der Waals surface area contributed by atoms with Crippen LogP contribution in [0.4, 0.5) is 14.5 Å². The van der Waals surface area contributed by atoms with Gasteiger partial charge in [-0.3, -0.25) is 4.79 Å². The van der Waals surface area contributed by atoms with Gasteiger partial charge in [-0.1, -0.05) is 0 Å². The third-order valence-corrected chi connectivity index (χ3v) is 2.70. The minimum atomic E-state index is -0.744. The van der Waals surface area contributed by atoms with Crippen molar-refractivity contribution in [2.75, 3.05) is 11.9 Å². The van der Waals surface area contributed by atoms with E-state index < -0.39 is 11.6 Å². The molecule has 0 radical (unpaired) electrons. The third kappa shape index (κ3) is 2.36. The lowest BCUT2D eigenvalue weighted by atomic mass is 10.2. The molecule has 16 heavy (non-hydrogen) atoms. The number of benzene rings is 1. The maximum atomic E-state index is 13.2. The second-order valence-corrected chi connectivity index (χ2v) is 3.89. The SMILES string of the molecule is O=C(Nc1ccc(F)cc1F)[C@H]1CCC[NH2+]1. The quantitative estimate of drug-likeness (QED) is 0.764. The van der Waals surface area contributed by atoms with Gasteiger partial charge < -0.3 is 10.6 Å². The van der Waals surface area contributed by atoms with E-state index in [1.54, 1.807) is 0 Å². The van der Waals surface area contributed by atoms with Gasteiger partial charge in [0.25, 0.3) is 5.91 Å². The smallest absolute Gasteiger partial charge is 0.282 e. The van der Waals surface area contributed by atoms with E-state index in [1.807, 2.05) is 5.32 Å². The molecule has 3 N–H and O–H groups in total. The molecule has 3 nitrogen and oxygen atoms in total. The number of hydrogen-bond acceptors (Lipinski definition) is 1. The third-order valence-electron chi connectivity index (χ3n) is 2.70. The minimum Gasteiger partial charge on any atom is -0.336 e. The van der Waals surface area contributed by atoms with Gasteiger partial charge in [0.2, 0.25) is 0 Å². The first-order valence-corrected chi connectivity index (χ1v) is 5.26. The summed E-state index contributed by atoms with van der Waals surface area (Å²) in [7, 11) is 0. The van der Waals surface area contributed by atoms with Crippen LogP contribution < -0.4 is 10.6 Å². The van der Waals surface area contributed by atoms with Crippen LogP contribution in [-0.2, 0) is 4.79 Å². The minimum absolute atomic E-state index is 0.0340. The molecule has 0 aromatic heterocycles. The molecule has 2 rings (SSSR count). The fraction of sp³-hybridized carbons (Fsp3) is 0.364. The van der Waals surface area contributed by atoms with Gasteiger partial charge in [0.15, 0.2) is 6.04 Å². The zero-order valence-corrected chi connectivity index (χ0v) is 8.67. The lowest BCUT2D eigenvalue weighted by Crippen LogP contribution is -2.88. The van der Waals surface area contributed by atoms with E-state index in [0.717, 1.165) is 31.5 Å². The highest BCUT2D eigenvalue weighted by atomic mass is 19.1. The first-order chi connectivity index (χ1) is 7.66. The number of carbonyl (C=O) groups excluding carboxylic acids is 1. The van der Waals surface area contributed by atoms with Gasteiger partial charge in [0.1, 0.15) is 11.6 Å². The Balaban J connectivity index is 2.05. The van der Waals surface area contributed by atoms with Gasteiger partial charge in [-0.25, -0.2) is 8.78 Å². The summed E-state index contributed by atoms with van der Waals surface area (Å²) in [6.07, 6.45) is 1.79. The Labute approximate surface area is 91.8 Å². The monoisotopic (exact) mass is 227 g/mol. The number of carbonyl (C=O) groups is 1. The van der Waals surface area contributed by atoms with Crippen LogP contribution in [-0.4, -0.2) is 18.5 Å². The molecule has 1 aliphatic heterocycles. The molecule has 0 aliphatic carbocycles. The maximum Gasteiger partial charge on any atom is 0.282 e. The Morgan fingerprint density at radius 1 is 1.44 bits per heavy atom. The summed E-state index contributed by atoms with van der Waals surface area (Å²) in [5.74, 6) is -1.61. The van der Waals surface area contributed by atoms with Crippen LogP contribution in [0.25, 0.3) is 0 Å². The first-order valence-electron chi connectivity index (χ1n) is 5.26. The van der Waals surface area contributed by atoms with Gasteiger partial charge in [-0.2, -0.15) is 0 Å². The Hall–Kier alpha value is -1.49. The zero-order valence-electron chi connectivity index (χ0n) is 8.67. The first kappa shape index (κ1) is 11.0. The van der Waals surface area contributed by atoms with Crippen molar-refractivity contribution in [1.29, 1.82) is 0 Å². The van der Waals surface area contributed by atoms with Gasteiger partial charge in [0, 0.05) is 18.9 Å². The number of amides is 1. The molecule has 1 aromatic rings. The molecule has 1 amide bonds. The Bertz CT molecular complexity index is 403. The highest BCUT2D eigenvalue weighted by Crippen LogP contribution is 2.15. The molecule has 1 aliphatic rings. The molecule has 86 valence electrons. The standard InChI is InChI=1S/C11H12F2N2O/c12-7-3-4-9(8(13)6-7)15-11(16)10-2-1-5-14-10/h3-4,6,10,14H,1-2,5H2,(H,15,16)/p+1/t10-/m1/s1. The number of hydrogen-bond donors (Lipinski definition) is 2. The molecule has 0 saturated carbocycles. The van der Waals surface area contributed by atoms with Crippen LogP contribution in [0.1, 0.15) is 12.8 Å². The number of anilines is 1. The molecule has 0 bridgehead atoms. The van der Waals surface area contributed by atoms with Crippen molar-refractivity contribution >= 4 is 11.6 Å². The Kier molecular flexibility index (Phi) is 3.14. The zero-order chi connectivity index (χ0) is 11.5. The lowest BCUT2D eigenvalue weighted by molar-refractivity contribution is -0.656. The highest BCUT2D eigenvalue weighted by molar-refractivity contribution is 5.93. The van der Waals surface area contributed by atoms with Gasteiger partial charge in [-0.15, -0.1) is 0 Å². The van der Waals surface area contributed by atoms with Gasteiger partial charge in [0.05, 0.1) is 12.2 Å². The van der Waals surface area contributed by atoms with E-state index in [0.29, 0.717) is 0 Å². The van der Waals surface area contributed by atoms with Crippen molar-refractivity contribution in [2.45, 2.75) is 18.9 Å². The molecule has 1 fully saturated rings. The summed E-state index contributed by atoms with van der Waals surface area (Å²) in [6, 6.07) is 2.96. The number of rotatable bonds is 2. The second kappa shape index (κ2) is 4.57. The molecule has 0 spiro atoms. The van der Waals surface area contributed by atoms with Gasteiger partial charge in [-0.05, 0) is 12.1 Å². The van der Waals surface area contributed by atoms with Crippen LogP contribution in [0.15, 0.2) is 18.2 Å². The Morgan fingerprint density at radius 3 is 2.88 bits per heavy atom.